The highest BCUT2D eigenvalue weighted by Crippen LogP contribution is 2.57. The molecule has 2 nitrogen and oxygen atoms in total. The summed E-state index contributed by atoms with van der Waals surface area (Å²) in [6, 6.07) is 4.15. The maximum absolute atomic E-state index is 10.8. The summed E-state index contributed by atoms with van der Waals surface area (Å²) in [4.78, 5) is 0. The molecule has 1 aromatic carbocycles. The summed E-state index contributed by atoms with van der Waals surface area (Å²) >= 11 is 0. The molecule has 3 rings (SSSR count). The van der Waals surface area contributed by atoms with Crippen LogP contribution in [-0.2, 0) is 11.8 Å². The van der Waals surface area contributed by atoms with E-state index >= 15 is 0 Å². The third kappa shape index (κ3) is 2.11. The Bertz CT molecular complexity index is 588. The number of hydrogen-bond acceptors (Lipinski definition) is 2. The van der Waals surface area contributed by atoms with Crippen molar-refractivity contribution in [2.75, 3.05) is 0 Å². The first-order valence-electron chi connectivity index (χ1n) is 8.72. The van der Waals surface area contributed by atoms with Gasteiger partial charge in [-0.2, -0.15) is 0 Å². The van der Waals surface area contributed by atoms with Crippen LogP contribution in [0.25, 0.3) is 0 Å². The normalized spacial score (nSPS) is 33.4. The van der Waals surface area contributed by atoms with Gasteiger partial charge in [0.1, 0.15) is 5.75 Å². The highest BCUT2D eigenvalue weighted by molar-refractivity contribution is 5.49. The minimum Gasteiger partial charge on any atom is -0.508 e. The summed E-state index contributed by atoms with van der Waals surface area (Å²) < 4.78 is 0. The minimum atomic E-state index is -0.311. The van der Waals surface area contributed by atoms with E-state index in [1.807, 2.05) is 6.07 Å². The van der Waals surface area contributed by atoms with E-state index in [0.717, 1.165) is 31.2 Å². The number of aliphatic hydroxyl groups is 1. The average molecular weight is 302 g/mol. The van der Waals surface area contributed by atoms with Gasteiger partial charge in [0.2, 0.25) is 0 Å². The number of fused-ring (bicyclic) bond motifs is 3. The zero-order valence-electron chi connectivity index (χ0n) is 14.6. The molecule has 0 saturated heterocycles. The first-order chi connectivity index (χ1) is 10.2. The van der Waals surface area contributed by atoms with Gasteiger partial charge in [-0.3, -0.25) is 0 Å². The number of phenolic OH excluding ortho intramolecular Hbond substituents is 1. The average Bonchev–Trinajstić information content (AvgIpc) is 2.43. The maximum atomic E-state index is 10.8. The van der Waals surface area contributed by atoms with Gasteiger partial charge in [0.25, 0.3) is 0 Å². The molecule has 0 amide bonds. The standard InChI is InChI=1S/C20H30O2/c1-12(2)14-10-13-6-7-17-19(3,4)9-8-18(22)20(17,5)15(13)11-16(14)21/h10-12,17-18,21-22H,6-9H2,1-5H3. The topological polar surface area (TPSA) is 40.5 Å². The molecule has 0 spiro atoms. The van der Waals surface area contributed by atoms with Gasteiger partial charge in [0.15, 0.2) is 0 Å². The van der Waals surface area contributed by atoms with Crippen molar-refractivity contribution in [2.45, 2.75) is 77.7 Å². The molecule has 3 atom stereocenters. The molecule has 122 valence electrons. The zero-order chi connectivity index (χ0) is 16.3. The van der Waals surface area contributed by atoms with Crippen LogP contribution in [0, 0.1) is 11.3 Å². The van der Waals surface area contributed by atoms with Gasteiger partial charge in [0.05, 0.1) is 6.10 Å². The molecule has 2 N–H and O–H groups in total. The maximum Gasteiger partial charge on any atom is 0.119 e. The van der Waals surface area contributed by atoms with Crippen LogP contribution in [0.3, 0.4) is 0 Å². The number of aryl methyl sites for hydroxylation is 1. The van der Waals surface area contributed by atoms with E-state index in [1.165, 1.54) is 11.1 Å². The summed E-state index contributed by atoms with van der Waals surface area (Å²) in [6.07, 6.45) is 3.82. The molecule has 1 fully saturated rings. The monoisotopic (exact) mass is 302 g/mol. The van der Waals surface area contributed by atoms with Crippen molar-refractivity contribution in [3.63, 3.8) is 0 Å². The van der Waals surface area contributed by atoms with Crippen LogP contribution in [0.1, 0.15) is 76.5 Å². The number of phenols is 1. The van der Waals surface area contributed by atoms with Crippen molar-refractivity contribution < 1.29 is 10.2 Å². The summed E-state index contributed by atoms with van der Waals surface area (Å²) in [6.45, 7) is 11.1. The predicted molar refractivity (Wildman–Crippen MR) is 90.4 cm³/mol. The van der Waals surface area contributed by atoms with Crippen LogP contribution in [0.5, 0.6) is 5.75 Å². The van der Waals surface area contributed by atoms with E-state index in [9.17, 15) is 10.2 Å². The van der Waals surface area contributed by atoms with Crippen molar-refractivity contribution in [2.24, 2.45) is 11.3 Å². The minimum absolute atomic E-state index is 0.234. The molecule has 0 aromatic heterocycles. The first-order valence-corrected chi connectivity index (χ1v) is 8.72. The Balaban J connectivity index is 2.17. The second kappa shape index (κ2) is 4.99. The number of aromatic hydroxyl groups is 1. The van der Waals surface area contributed by atoms with Gasteiger partial charge in [-0.1, -0.05) is 40.7 Å². The van der Waals surface area contributed by atoms with E-state index < -0.39 is 0 Å². The lowest BCUT2D eigenvalue weighted by Crippen LogP contribution is -2.55. The summed E-state index contributed by atoms with van der Waals surface area (Å²) in [5.41, 5.74) is 3.56. The van der Waals surface area contributed by atoms with Gasteiger partial charge < -0.3 is 10.2 Å². The van der Waals surface area contributed by atoms with E-state index in [0.29, 0.717) is 17.6 Å². The van der Waals surface area contributed by atoms with Crippen LogP contribution >= 0.6 is 0 Å². The molecular formula is C20H30O2. The van der Waals surface area contributed by atoms with E-state index in [1.54, 1.807) is 0 Å². The van der Waals surface area contributed by atoms with Crippen molar-refractivity contribution in [1.29, 1.82) is 0 Å². The van der Waals surface area contributed by atoms with Crippen LogP contribution in [-0.4, -0.2) is 16.3 Å². The largest absolute Gasteiger partial charge is 0.508 e. The van der Waals surface area contributed by atoms with Gasteiger partial charge in [0, 0.05) is 5.41 Å². The SMILES string of the molecule is CC(C)c1cc2c(cc1O)C1(C)C(O)CCC(C)(C)C1CC2. The molecule has 2 aliphatic rings. The second-order valence-corrected chi connectivity index (χ2v) is 8.64. The fourth-order valence-corrected chi connectivity index (χ4v) is 5.21. The van der Waals surface area contributed by atoms with E-state index in [-0.39, 0.29) is 16.9 Å². The number of benzene rings is 1. The summed E-state index contributed by atoms with van der Waals surface area (Å²) in [7, 11) is 0. The third-order valence-electron chi connectivity index (χ3n) is 6.58. The van der Waals surface area contributed by atoms with Gasteiger partial charge >= 0.3 is 0 Å². The van der Waals surface area contributed by atoms with E-state index in [4.69, 9.17) is 0 Å². The smallest absolute Gasteiger partial charge is 0.119 e. The lowest BCUT2D eigenvalue weighted by atomic mass is 9.49. The van der Waals surface area contributed by atoms with Crippen molar-refractivity contribution >= 4 is 0 Å². The predicted octanol–water partition coefficient (Wildman–Crippen LogP) is 4.52. The molecule has 0 aliphatic heterocycles. The first kappa shape index (κ1) is 15.9. The van der Waals surface area contributed by atoms with Crippen LogP contribution in [0.2, 0.25) is 0 Å². The Morgan fingerprint density at radius 3 is 2.45 bits per heavy atom. The Hall–Kier alpha value is -1.02. The molecule has 3 unspecified atom stereocenters. The number of rotatable bonds is 1. The fraction of sp³-hybridized carbons (Fsp3) is 0.700. The van der Waals surface area contributed by atoms with Crippen molar-refractivity contribution in [3.05, 3.63) is 28.8 Å². The lowest BCUT2D eigenvalue weighted by Gasteiger charge is -2.56. The highest BCUT2D eigenvalue weighted by atomic mass is 16.3. The van der Waals surface area contributed by atoms with Crippen LogP contribution in [0.15, 0.2) is 12.1 Å². The molecule has 1 saturated carbocycles. The molecule has 0 radical (unpaired) electrons. The Morgan fingerprint density at radius 2 is 1.82 bits per heavy atom. The highest BCUT2D eigenvalue weighted by Gasteiger charge is 2.54. The molecule has 0 heterocycles. The molecule has 1 aromatic rings. The van der Waals surface area contributed by atoms with E-state index in [2.05, 4.69) is 40.7 Å². The quantitative estimate of drug-likeness (QED) is 0.801. The molecule has 0 bridgehead atoms. The number of hydrogen-bond donors (Lipinski definition) is 2. The number of aliphatic hydroxyl groups excluding tert-OH is 1. The molecule has 2 heteroatoms. The molecule has 2 aliphatic carbocycles. The Kier molecular flexibility index (Phi) is 3.60. The fourth-order valence-electron chi connectivity index (χ4n) is 5.21. The Morgan fingerprint density at radius 1 is 1.14 bits per heavy atom. The van der Waals surface area contributed by atoms with Crippen LogP contribution < -0.4 is 0 Å². The van der Waals surface area contributed by atoms with Crippen molar-refractivity contribution in [3.8, 4) is 5.75 Å². The van der Waals surface area contributed by atoms with Crippen LogP contribution in [0.4, 0.5) is 0 Å². The second-order valence-electron chi connectivity index (χ2n) is 8.64. The Labute approximate surface area is 134 Å². The van der Waals surface area contributed by atoms with Crippen molar-refractivity contribution in [1.82, 2.24) is 0 Å². The molecule has 22 heavy (non-hydrogen) atoms. The van der Waals surface area contributed by atoms with Gasteiger partial charge in [-0.25, -0.2) is 0 Å². The van der Waals surface area contributed by atoms with Gasteiger partial charge in [-0.15, -0.1) is 0 Å². The lowest BCUT2D eigenvalue weighted by molar-refractivity contribution is -0.0592. The van der Waals surface area contributed by atoms with Gasteiger partial charge in [-0.05, 0) is 65.7 Å². The summed E-state index contributed by atoms with van der Waals surface area (Å²) in [5, 5.41) is 21.3. The third-order valence-corrected chi connectivity index (χ3v) is 6.58. The zero-order valence-corrected chi connectivity index (χ0v) is 14.6. The summed E-state index contributed by atoms with van der Waals surface area (Å²) in [5.74, 6) is 1.19. The molecular weight excluding hydrogens is 272 g/mol.